The number of urea groups is 1. The van der Waals surface area contributed by atoms with Gasteiger partial charge in [0.15, 0.2) is 0 Å². The van der Waals surface area contributed by atoms with Crippen LogP contribution in [0.1, 0.15) is 0 Å². The molecule has 0 heterocycles. The maximum atomic E-state index is 9.00. The molecule has 0 atom stereocenters. The van der Waals surface area contributed by atoms with Gasteiger partial charge < -0.3 is 11.5 Å². The Labute approximate surface area is 46.1 Å². The second-order valence-corrected chi connectivity index (χ2v) is 1.16. The van der Waals surface area contributed by atoms with Gasteiger partial charge in [0.25, 0.3) is 0 Å². The first kappa shape index (κ1) is 10.3. The van der Waals surface area contributed by atoms with Crippen molar-refractivity contribution in [2.75, 3.05) is 0 Å². The smallest absolute Gasteiger partial charge is 0.352 e. The average molecular weight is 141 g/mol. The highest BCUT2D eigenvalue weighted by atomic mass is 31.1. The molecule has 0 radical (unpaired) electrons. The summed E-state index contributed by atoms with van der Waals surface area (Å²) in [6.45, 7) is 0. The topological polar surface area (TPSA) is 127 Å². The second kappa shape index (κ2) is 6.29. The van der Waals surface area contributed by atoms with Crippen molar-refractivity contribution in [3.05, 3.63) is 0 Å². The maximum absolute atomic E-state index is 9.00. The molecular weight excluding hydrogens is 135 g/mol. The fraction of sp³-hybridized carbons (Fsp3) is 0. The molecule has 0 fully saturated rings. The van der Waals surface area contributed by atoms with Crippen molar-refractivity contribution in [2.45, 2.75) is 0 Å². The van der Waals surface area contributed by atoms with E-state index in [-0.39, 0.29) is 0 Å². The molecule has 0 aromatic rings. The van der Waals surface area contributed by atoms with Crippen molar-refractivity contribution >= 4 is 14.3 Å². The fourth-order valence-electron chi connectivity index (χ4n) is 0. The molecule has 0 saturated heterocycles. The van der Waals surface area contributed by atoms with Crippen LogP contribution < -0.4 is 11.5 Å². The van der Waals surface area contributed by atoms with E-state index in [4.69, 9.17) is 19.1 Å². The van der Waals surface area contributed by atoms with Crippen LogP contribution in [-0.4, -0.2) is 15.8 Å². The fourth-order valence-corrected chi connectivity index (χ4v) is 0. The minimum absolute atomic E-state index is 0.833. The quantitative estimate of drug-likeness (QED) is 0.311. The van der Waals surface area contributed by atoms with E-state index in [2.05, 4.69) is 11.5 Å². The number of nitrogens with two attached hydrogens (primary N) is 2. The normalized spacial score (nSPS) is 6.25. The lowest BCUT2D eigenvalue weighted by atomic mass is 11.2. The summed E-state index contributed by atoms with van der Waals surface area (Å²) in [6, 6.07) is -0.833. The van der Waals surface area contributed by atoms with Crippen LogP contribution in [0.5, 0.6) is 0 Å². The van der Waals surface area contributed by atoms with Crippen LogP contribution in [-0.2, 0) is 4.57 Å². The Morgan fingerprint density at radius 2 is 1.38 bits per heavy atom. The van der Waals surface area contributed by atoms with Gasteiger partial charge in [-0.3, -0.25) is 0 Å². The highest BCUT2D eigenvalue weighted by Gasteiger charge is 1.93. The summed E-state index contributed by atoms with van der Waals surface area (Å²) in [4.78, 5) is 23.2. The van der Waals surface area contributed by atoms with Gasteiger partial charge in [-0.05, 0) is 0 Å². The molecule has 0 aliphatic rings. The number of hydrogen-bond acceptors (Lipinski definition) is 2. The Morgan fingerprint density at radius 3 is 1.38 bits per heavy atom. The third-order valence-electron chi connectivity index (χ3n) is 0. The first-order valence-electron chi connectivity index (χ1n) is 1.36. The van der Waals surface area contributed by atoms with E-state index in [1.165, 1.54) is 0 Å². The standard InChI is InChI=1S/CH4N2O.HO3P/c2-1(3)4;1-4(2)3/h(H4,2,3,4);(H-,1,2,3)/p+1. The Morgan fingerprint density at radius 1 is 1.38 bits per heavy atom. The van der Waals surface area contributed by atoms with Crippen LogP contribution in [0.3, 0.4) is 0 Å². The van der Waals surface area contributed by atoms with Gasteiger partial charge in [-0.15, -0.1) is 9.79 Å². The van der Waals surface area contributed by atoms with Gasteiger partial charge in [0.2, 0.25) is 0 Å². The van der Waals surface area contributed by atoms with E-state index in [0.29, 0.717) is 0 Å². The largest absolute Gasteiger partial charge is 0.692 e. The Hall–Kier alpha value is -0.710. The van der Waals surface area contributed by atoms with Crippen molar-refractivity contribution in [3.8, 4) is 0 Å². The van der Waals surface area contributed by atoms with Crippen molar-refractivity contribution < 1.29 is 19.1 Å². The SMILES string of the molecule is NC(N)=O.O=[P+](O)O. The van der Waals surface area contributed by atoms with Gasteiger partial charge in [0, 0.05) is 4.57 Å². The maximum Gasteiger partial charge on any atom is 0.692 e. The van der Waals surface area contributed by atoms with Crippen molar-refractivity contribution in [3.63, 3.8) is 0 Å². The molecule has 0 aliphatic heterocycles. The summed E-state index contributed by atoms with van der Waals surface area (Å²) >= 11 is 0. The summed E-state index contributed by atoms with van der Waals surface area (Å²) in [5.41, 5.74) is 8.50. The van der Waals surface area contributed by atoms with Crippen LogP contribution >= 0.6 is 8.25 Å². The number of carbonyl (C=O) groups excluding carboxylic acids is 1. The Balaban J connectivity index is 0. The predicted octanol–water partition coefficient (Wildman–Crippen LogP) is -1.35. The lowest BCUT2D eigenvalue weighted by molar-refractivity contribution is 0.256. The molecule has 0 unspecified atom stereocenters. The van der Waals surface area contributed by atoms with Gasteiger partial charge >= 0.3 is 14.3 Å². The monoisotopic (exact) mass is 141 g/mol. The van der Waals surface area contributed by atoms with Gasteiger partial charge in [-0.25, -0.2) is 4.79 Å². The first-order chi connectivity index (χ1) is 3.46. The third-order valence-corrected chi connectivity index (χ3v) is 0. The molecule has 48 valence electrons. The van der Waals surface area contributed by atoms with Crippen LogP contribution in [0.15, 0.2) is 0 Å². The molecule has 0 rings (SSSR count). The van der Waals surface area contributed by atoms with Crippen molar-refractivity contribution in [1.29, 1.82) is 0 Å². The van der Waals surface area contributed by atoms with Crippen LogP contribution in [0.2, 0.25) is 0 Å². The molecule has 6 nitrogen and oxygen atoms in total. The van der Waals surface area contributed by atoms with Gasteiger partial charge in [0.05, 0.1) is 0 Å². The summed E-state index contributed by atoms with van der Waals surface area (Å²) in [6.07, 6.45) is 0. The van der Waals surface area contributed by atoms with E-state index >= 15 is 0 Å². The molecule has 0 saturated carbocycles. The second-order valence-electron chi connectivity index (χ2n) is 0.655. The Kier molecular flexibility index (Phi) is 8.10. The van der Waals surface area contributed by atoms with Crippen LogP contribution in [0.25, 0.3) is 0 Å². The molecule has 8 heavy (non-hydrogen) atoms. The number of hydrogen-bond donors (Lipinski definition) is 4. The summed E-state index contributed by atoms with van der Waals surface area (Å²) in [5, 5.41) is 0. The zero-order valence-electron chi connectivity index (χ0n) is 3.81. The predicted molar refractivity (Wildman–Crippen MR) is 25.8 cm³/mol. The number of carbonyl (C=O) groups is 1. The summed E-state index contributed by atoms with van der Waals surface area (Å²) in [5.74, 6) is 0. The molecule has 0 spiro atoms. The Bertz CT molecular complexity index is 72.0. The first-order valence-corrected chi connectivity index (χ1v) is 2.53. The number of primary amides is 2. The van der Waals surface area contributed by atoms with E-state index in [9.17, 15) is 0 Å². The van der Waals surface area contributed by atoms with Gasteiger partial charge in [0.1, 0.15) is 0 Å². The summed E-state index contributed by atoms with van der Waals surface area (Å²) in [7, 11) is -2.87. The molecular formula is CH6N2O4P+. The van der Waals surface area contributed by atoms with E-state index in [1.807, 2.05) is 0 Å². The number of rotatable bonds is 0. The zero-order chi connectivity index (χ0) is 7.15. The summed E-state index contributed by atoms with van der Waals surface area (Å²) < 4.78 is 8.70. The van der Waals surface area contributed by atoms with E-state index < -0.39 is 14.3 Å². The lowest BCUT2D eigenvalue weighted by Gasteiger charge is -1.62. The zero-order valence-corrected chi connectivity index (χ0v) is 4.71. The van der Waals surface area contributed by atoms with Gasteiger partial charge in [-0.2, -0.15) is 0 Å². The molecule has 0 aromatic heterocycles. The minimum atomic E-state index is -2.87. The van der Waals surface area contributed by atoms with Crippen LogP contribution in [0, 0.1) is 0 Å². The highest BCUT2D eigenvalue weighted by Crippen LogP contribution is 1.98. The molecule has 2 amide bonds. The molecule has 6 N–H and O–H groups in total. The van der Waals surface area contributed by atoms with Gasteiger partial charge in [-0.1, -0.05) is 0 Å². The van der Waals surface area contributed by atoms with Crippen molar-refractivity contribution in [1.82, 2.24) is 0 Å². The molecule has 7 heteroatoms. The minimum Gasteiger partial charge on any atom is -0.352 e. The molecule has 0 aliphatic carbocycles. The average Bonchev–Trinajstić information content (AvgIpc) is 1.25. The highest BCUT2D eigenvalue weighted by molar-refractivity contribution is 7.30. The number of amides is 2. The van der Waals surface area contributed by atoms with Crippen molar-refractivity contribution in [2.24, 2.45) is 11.5 Å². The van der Waals surface area contributed by atoms with E-state index in [1.54, 1.807) is 0 Å². The molecule has 0 bridgehead atoms. The van der Waals surface area contributed by atoms with Crippen LogP contribution in [0.4, 0.5) is 4.79 Å². The molecule has 0 aromatic carbocycles. The lowest BCUT2D eigenvalue weighted by Crippen LogP contribution is -2.18. The van der Waals surface area contributed by atoms with E-state index in [0.717, 1.165) is 0 Å². The third kappa shape index (κ3) is 193.